The lowest BCUT2D eigenvalue weighted by molar-refractivity contribution is -0.118. The van der Waals surface area contributed by atoms with Gasteiger partial charge in [0, 0.05) is 11.8 Å². The summed E-state index contributed by atoms with van der Waals surface area (Å²) in [5.41, 5.74) is 4.24. The highest BCUT2D eigenvalue weighted by atomic mass is 16.5. The monoisotopic (exact) mass is 365 g/mol. The molecule has 3 rings (SSSR count). The third-order valence-corrected chi connectivity index (χ3v) is 4.62. The Morgan fingerprint density at radius 3 is 2.81 bits per heavy atom. The number of hydrogen-bond donors (Lipinski definition) is 1. The number of aromatic nitrogens is 1. The molecule has 6 nitrogen and oxygen atoms in total. The van der Waals surface area contributed by atoms with E-state index in [9.17, 15) is 10.1 Å². The summed E-state index contributed by atoms with van der Waals surface area (Å²) in [6.07, 6.45) is 2.82. The molecular weight excluding hydrogens is 342 g/mol. The third-order valence-electron chi connectivity index (χ3n) is 4.62. The Labute approximate surface area is 159 Å². The fraction of sp³-hybridized carbons (Fsp3) is 0.381. The quantitative estimate of drug-likeness (QED) is 0.846. The van der Waals surface area contributed by atoms with Gasteiger partial charge in [0.25, 0.3) is 5.91 Å². The van der Waals surface area contributed by atoms with Crippen LogP contribution in [0.3, 0.4) is 0 Å². The van der Waals surface area contributed by atoms with Gasteiger partial charge in [0.1, 0.15) is 17.4 Å². The molecule has 1 heterocycles. The number of fused-ring (bicyclic) bond motifs is 1. The Morgan fingerprint density at radius 2 is 2.11 bits per heavy atom. The van der Waals surface area contributed by atoms with Crippen molar-refractivity contribution in [3.63, 3.8) is 0 Å². The summed E-state index contributed by atoms with van der Waals surface area (Å²) in [7, 11) is 1.57. The number of anilines is 1. The molecule has 0 fully saturated rings. The minimum atomic E-state index is -0.319. The molecule has 0 bridgehead atoms. The Balaban J connectivity index is 1.76. The van der Waals surface area contributed by atoms with Crippen LogP contribution in [0.15, 0.2) is 24.3 Å². The zero-order valence-electron chi connectivity index (χ0n) is 15.8. The van der Waals surface area contributed by atoms with Gasteiger partial charge in [-0.1, -0.05) is 19.9 Å². The number of rotatable bonds is 6. The Morgan fingerprint density at radius 1 is 1.33 bits per heavy atom. The number of ether oxygens (including phenoxy) is 2. The molecule has 0 saturated carbocycles. The molecule has 0 unspecified atom stereocenters. The van der Waals surface area contributed by atoms with E-state index in [4.69, 9.17) is 9.47 Å². The molecule has 1 aliphatic rings. The molecule has 1 aliphatic carbocycles. The molecule has 140 valence electrons. The molecule has 2 aromatic rings. The van der Waals surface area contributed by atoms with Crippen LogP contribution in [0.5, 0.6) is 11.6 Å². The molecule has 27 heavy (non-hydrogen) atoms. The van der Waals surface area contributed by atoms with Crippen LogP contribution in [-0.2, 0) is 17.6 Å². The van der Waals surface area contributed by atoms with Crippen molar-refractivity contribution in [1.82, 2.24) is 4.98 Å². The highest BCUT2D eigenvalue weighted by molar-refractivity contribution is 5.92. The van der Waals surface area contributed by atoms with Gasteiger partial charge in [-0.2, -0.15) is 5.26 Å². The topological polar surface area (TPSA) is 84.2 Å². The molecule has 0 saturated heterocycles. The van der Waals surface area contributed by atoms with Crippen LogP contribution in [0.4, 0.5) is 5.69 Å². The summed E-state index contributed by atoms with van der Waals surface area (Å²) >= 11 is 0. The number of nitriles is 1. The molecule has 0 aliphatic heterocycles. The number of hydrogen-bond acceptors (Lipinski definition) is 5. The number of benzene rings is 1. The van der Waals surface area contributed by atoms with E-state index >= 15 is 0 Å². The second kappa shape index (κ2) is 8.09. The summed E-state index contributed by atoms with van der Waals surface area (Å²) in [5, 5.41) is 12.3. The van der Waals surface area contributed by atoms with Crippen molar-refractivity contribution in [2.45, 2.75) is 39.0 Å². The zero-order chi connectivity index (χ0) is 19.4. The van der Waals surface area contributed by atoms with Crippen LogP contribution in [0.1, 0.15) is 48.6 Å². The van der Waals surface area contributed by atoms with Crippen molar-refractivity contribution in [2.24, 2.45) is 0 Å². The molecule has 6 heteroatoms. The molecule has 0 radical (unpaired) electrons. The second-order valence-corrected chi connectivity index (χ2v) is 6.82. The number of nitrogens with one attached hydrogen (secondary N) is 1. The van der Waals surface area contributed by atoms with Gasteiger partial charge >= 0.3 is 0 Å². The lowest BCUT2D eigenvalue weighted by atomic mass is 9.98. The van der Waals surface area contributed by atoms with Gasteiger partial charge in [0.2, 0.25) is 5.88 Å². The number of carbonyl (C=O) groups excluding carboxylic acids is 1. The molecular formula is C21H23N3O3. The van der Waals surface area contributed by atoms with Crippen molar-refractivity contribution in [2.75, 3.05) is 19.0 Å². The van der Waals surface area contributed by atoms with Crippen LogP contribution in [0.2, 0.25) is 0 Å². The largest absolute Gasteiger partial charge is 0.497 e. The van der Waals surface area contributed by atoms with E-state index < -0.39 is 0 Å². The predicted molar refractivity (Wildman–Crippen MR) is 102 cm³/mol. The SMILES string of the molecule is COc1cccc(NC(=O)COc2nc(C(C)C)c3c(c2C#N)CCC3)c1. The van der Waals surface area contributed by atoms with E-state index in [-0.39, 0.29) is 24.3 Å². The number of nitrogens with zero attached hydrogens (tertiary/aromatic N) is 2. The molecule has 1 N–H and O–H groups in total. The van der Waals surface area contributed by atoms with Gasteiger partial charge in [-0.15, -0.1) is 0 Å². The molecule has 0 atom stereocenters. The number of pyridine rings is 1. The Kier molecular flexibility index (Phi) is 5.60. The Hall–Kier alpha value is -3.07. The van der Waals surface area contributed by atoms with Gasteiger partial charge in [0.05, 0.1) is 12.8 Å². The standard InChI is InChI=1S/C21H23N3O3/c1-13(2)20-17-9-5-8-16(17)18(11-22)21(24-20)27-12-19(25)23-14-6-4-7-15(10-14)26-3/h4,6-7,10,13H,5,8-9,12H2,1-3H3,(H,23,25). The summed E-state index contributed by atoms with van der Waals surface area (Å²) in [6, 6.07) is 9.30. The molecule has 1 aromatic carbocycles. The predicted octanol–water partition coefficient (Wildman–Crippen LogP) is 3.59. The third kappa shape index (κ3) is 4.03. The van der Waals surface area contributed by atoms with Crippen molar-refractivity contribution in [3.8, 4) is 17.7 Å². The minimum absolute atomic E-state index is 0.213. The van der Waals surface area contributed by atoms with Gasteiger partial charge in [-0.25, -0.2) is 4.98 Å². The van der Waals surface area contributed by atoms with Crippen LogP contribution < -0.4 is 14.8 Å². The van der Waals surface area contributed by atoms with E-state index in [1.165, 1.54) is 5.56 Å². The summed E-state index contributed by atoms with van der Waals surface area (Å²) < 4.78 is 10.8. The van der Waals surface area contributed by atoms with Crippen molar-refractivity contribution < 1.29 is 14.3 Å². The van der Waals surface area contributed by atoms with Crippen molar-refractivity contribution in [3.05, 3.63) is 46.6 Å². The second-order valence-electron chi connectivity index (χ2n) is 6.82. The fourth-order valence-corrected chi connectivity index (χ4v) is 3.39. The average molecular weight is 365 g/mol. The molecule has 1 aromatic heterocycles. The fourth-order valence-electron chi connectivity index (χ4n) is 3.39. The molecule has 0 spiro atoms. The zero-order valence-corrected chi connectivity index (χ0v) is 15.8. The average Bonchev–Trinajstić information content (AvgIpc) is 3.14. The van der Waals surface area contributed by atoms with Crippen molar-refractivity contribution >= 4 is 11.6 Å². The van der Waals surface area contributed by atoms with Crippen molar-refractivity contribution in [1.29, 1.82) is 5.26 Å². The number of amides is 1. The first-order chi connectivity index (χ1) is 13.0. The smallest absolute Gasteiger partial charge is 0.262 e. The highest BCUT2D eigenvalue weighted by Gasteiger charge is 2.25. The van der Waals surface area contributed by atoms with E-state index in [2.05, 4.69) is 30.2 Å². The van der Waals surface area contributed by atoms with E-state index in [1.807, 2.05) is 0 Å². The van der Waals surface area contributed by atoms with Crippen LogP contribution in [0.25, 0.3) is 0 Å². The van der Waals surface area contributed by atoms with Crippen LogP contribution in [0, 0.1) is 11.3 Å². The van der Waals surface area contributed by atoms with E-state index in [0.29, 0.717) is 17.0 Å². The highest BCUT2D eigenvalue weighted by Crippen LogP contribution is 2.35. The normalized spacial score (nSPS) is 12.4. The van der Waals surface area contributed by atoms with E-state index in [0.717, 1.165) is 30.5 Å². The Bertz CT molecular complexity index is 900. The van der Waals surface area contributed by atoms with Crippen LogP contribution >= 0.6 is 0 Å². The first-order valence-electron chi connectivity index (χ1n) is 9.06. The summed E-state index contributed by atoms with van der Waals surface area (Å²) in [5.74, 6) is 0.822. The first kappa shape index (κ1) is 18.7. The van der Waals surface area contributed by atoms with Gasteiger partial charge in [-0.05, 0) is 48.4 Å². The molecule has 1 amide bonds. The first-order valence-corrected chi connectivity index (χ1v) is 9.06. The van der Waals surface area contributed by atoms with Gasteiger partial charge in [-0.3, -0.25) is 4.79 Å². The van der Waals surface area contributed by atoms with Crippen LogP contribution in [-0.4, -0.2) is 24.6 Å². The lowest BCUT2D eigenvalue weighted by Gasteiger charge is -2.16. The number of methoxy groups -OCH3 is 1. The van der Waals surface area contributed by atoms with Gasteiger partial charge < -0.3 is 14.8 Å². The van der Waals surface area contributed by atoms with Gasteiger partial charge in [0.15, 0.2) is 6.61 Å². The minimum Gasteiger partial charge on any atom is -0.497 e. The lowest BCUT2D eigenvalue weighted by Crippen LogP contribution is -2.21. The maximum atomic E-state index is 12.2. The maximum Gasteiger partial charge on any atom is 0.262 e. The maximum absolute atomic E-state index is 12.2. The summed E-state index contributed by atoms with van der Waals surface area (Å²) in [6.45, 7) is 3.94. The van der Waals surface area contributed by atoms with E-state index in [1.54, 1.807) is 31.4 Å². The number of carbonyl (C=O) groups is 1. The summed E-state index contributed by atoms with van der Waals surface area (Å²) in [4.78, 5) is 16.8.